The number of hydrogen-bond acceptors (Lipinski definition) is 3. The number of methoxy groups -OCH3 is 1. The number of carbonyl (C=O) groups is 1. The van der Waals surface area contributed by atoms with Crippen molar-refractivity contribution >= 4 is 21.8 Å². The van der Waals surface area contributed by atoms with E-state index < -0.39 is 0 Å². The van der Waals surface area contributed by atoms with E-state index in [1.165, 1.54) is 0 Å². The van der Waals surface area contributed by atoms with Crippen LogP contribution in [0.25, 0.3) is 0 Å². The van der Waals surface area contributed by atoms with Crippen LogP contribution < -0.4 is 15.4 Å². The summed E-state index contributed by atoms with van der Waals surface area (Å²) in [4.78, 5) is 11.0. The van der Waals surface area contributed by atoms with E-state index >= 15 is 0 Å². The minimum Gasteiger partial charge on any atom is -0.496 e. The minimum absolute atomic E-state index is 0.0208. The van der Waals surface area contributed by atoms with Crippen molar-refractivity contribution in [1.82, 2.24) is 10.6 Å². The molecule has 2 N–H and O–H groups in total. The maximum atomic E-state index is 11.0. The van der Waals surface area contributed by atoms with Crippen molar-refractivity contribution in [1.29, 1.82) is 0 Å². The van der Waals surface area contributed by atoms with E-state index in [0.717, 1.165) is 15.8 Å². The summed E-state index contributed by atoms with van der Waals surface area (Å²) in [6.45, 7) is 0.968. The van der Waals surface area contributed by atoms with Gasteiger partial charge in [0.15, 0.2) is 0 Å². The molecule has 5 heteroatoms. The van der Waals surface area contributed by atoms with Crippen LogP contribution >= 0.6 is 15.9 Å². The summed E-state index contributed by atoms with van der Waals surface area (Å²) < 4.78 is 6.04. The quantitative estimate of drug-likeness (QED) is 0.858. The molecule has 88 valence electrons. The molecule has 0 atom stereocenters. The summed E-state index contributed by atoms with van der Waals surface area (Å²) >= 11 is 3.41. The second-order valence-corrected chi connectivity index (χ2v) is 4.10. The Kier molecular flexibility index (Phi) is 5.28. The van der Waals surface area contributed by atoms with Crippen molar-refractivity contribution in [3.05, 3.63) is 28.2 Å². The van der Waals surface area contributed by atoms with Crippen molar-refractivity contribution in [2.75, 3.05) is 20.7 Å². The Labute approximate surface area is 103 Å². The fraction of sp³-hybridized carbons (Fsp3) is 0.364. The number of halogens is 1. The molecule has 0 radical (unpaired) electrons. The van der Waals surface area contributed by atoms with Gasteiger partial charge in [-0.1, -0.05) is 6.07 Å². The van der Waals surface area contributed by atoms with E-state index in [-0.39, 0.29) is 5.91 Å². The fourth-order valence-corrected chi connectivity index (χ4v) is 1.82. The first kappa shape index (κ1) is 13.0. The van der Waals surface area contributed by atoms with Gasteiger partial charge in [-0.2, -0.15) is 0 Å². The van der Waals surface area contributed by atoms with Crippen LogP contribution in [0.2, 0.25) is 0 Å². The van der Waals surface area contributed by atoms with Gasteiger partial charge in [0.05, 0.1) is 18.1 Å². The molecule has 0 saturated carbocycles. The predicted molar refractivity (Wildman–Crippen MR) is 66.5 cm³/mol. The molecule has 16 heavy (non-hydrogen) atoms. The number of ether oxygens (including phenoxy) is 1. The molecule has 0 bridgehead atoms. The first-order valence-corrected chi connectivity index (χ1v) is 5.70. The van der Waals surface area contributed by atoms with Gasteiger partial charge >= 0.3 is 0 Å². The van der Waals surface area contributed by atoms with Crippen LogP contribution in [0.1, 0.15) is 5.56 Å². The molecule has 1 rings (SSSR count). The smallest absolute Gasteiger partial charge is 0.233 e. The highest BCUT2D eigenvalue weighted by Gasteiger charge is 2.02. The van der Waals surface area contributed by atoms with Gasteiger partial charge in [0.1, 0.15) is 5.75 Å². The van der Waals surface area contributed by atoms with Crippen LogP contribution in [-0.2, 0) is 11.3 Å². The number of carbonyl (C=O) groups excluding carboxylic acids is 1. The van der Waals surface area contributed by atoms with Crippen molar-refractivity contribution in [3.8, 4) is 5.75 Å². The topological polar surface area (TPSA) is 50.4 Å². The third-order valence-corrected chi connectivity index (χ3v) is 2.73. The summed E-state index contributed by atoms with van der Waals surface area (Å²) in [7, 11) is 3.25. The molecule has 1 aromatic rings. The molecular weight excluding hydrogens is 272 g/mol. The first-order chi connectivity index (χ1) is 7.67. The Morgan fingerprint density at radius 1 is 1.50 bits per heavy atom. The Balaban J connectivity index is 2.49. The summed E-state index contributed by atoms with van der Waals surface area (Å²) in [6.07, 6.45) is 0. The lowest BCUT2D eigenvalue weighted by molar-refractivity contribution is -0.119. The zero-order chi connectivity index (χ0) is 12.0. The van der Waals surface area contributed by atoms with Crippen LogP contribution in [0.4, 0.5) is 0 Å². The predicted octanol–water partition coefficient (Wildman–Crippen LogP) is 1.29. The lowest BCUT2D eigenvalue weighted by Crippen LogP contribution is -2.30. The Morgan fingerprint density at radius 2 is 2.25 bits per heavy atom. The molecule has 0 unspecified atom stereocenters. The van der Waals surface area contributed by atoms with Crippen LogP contribution in [0.5, 0.6) is 5.75 Å². The van der Waals surface area contributed by atoms with E-state index in [2.05, 4.69) is 26.6 Å². The molecule has 0 fully saturated rings. The number of nitrogens with one attached hydrogen (secondary N) is 2. The Morgan fingerprint density at radius 3 is 2.81 bits per heavy atom. The zero-order valence-electron chi connectivity index (χ0n) is 9.34. The molecular formula is C11H15BrN2O2. The molecule has 4 nitrogen and oxygen atoms in total. The highest BCUT2D eigenvalue weighted by molar-refractivity contribution is 9.10. The third kappa shape index (κ3) is 3.83. The van der Waals surface area contributed by atoms with Gasteiger partial charge in [-0.25, -0.2) is 0 Å². The van der Waals surface area contributed by atoms with E-state index in [1.54, 1.807) is 14.2 Å². The van der Waals surface area contributed by atoms with Gasteiger partial charge in [0, 0.05) is 13.6 Å². The summed E-state index contributed by atoms with van der Waals surface area (Å²) in [6, 6.07) is 5.82. The van der Waals surface area contributed by atoms with Crippen molar-refractivity contribution in [2.24, 2.45) is 0 Å². The van der Waals surface area contributed by atoms with E-state index in [4.69, 9.17) is 4.74 Å². The molecule has 0 aromatic heterocycles. The molecule has 1 amide bonds. The van der Waals surface area contributed by atoms with E-state index in [9.17, 15) is 4.79 Å². The van der Waals surface area contributed by atoms with E-state index in [0.29, 0.717) is 13.1 Å². The normalized spacial score (nSPS) is 9.94. The molecule has 0 heterocycles. The second kappa shape index (κ2) is 6.50. The van der Waals surface area contributed by atoms with Gasteiger partial charge in [-0.3, -0.25) is 4.79 Å². The molecule has 0 spiro atoms. The van der Waals surface area contributed by atoms with Crippen LogP contribution in [0.3, 0.4) is 0 Å². The number of likely N-dealkylation sites (N-methyl/N-ethyl adjacent to an activating group) is 1. The molecule has 0 saturated heterocycles. The Bertz CT molecular complexity index is 369. The number of rotatable bonds is 5. The van der Waals surface area contributed by atoms with Crippen LogP contribution in [0.15, 0.2) is 22.7 Å². The largest absolute Gasteiger partial charge is 0.496 e. The lowest BCUT2D eigenvalue weighted by Gasteiger charge is -2.07. The number of benzene rings is 1. The van der Waals surface area contributed by atoms with Crippen LogP contribution in [-0.4, -0.2) is 26.6 Å². The Hall–Kier alpha value is -1.07. The summed E-state index contributed by atoms with van der Waals surface area (Å²) in [5, 5.41) is 5.59. The highest BCUT2D eigenvalue weighted by atomic mass is 79.9. The van der Waals surface area contributed by atoms with Gasteiger partial charge in [0.2, 0.25) is 5.91 Å². The average Bonchev–Trinajstić information content (AvgIpc) is 2.29. The standard InChI is InChI=1S/C11H15BrN2O2/c1-13-11(15)7-14-6-8-3-4-10(16-2)9(12)5-8/h3-5,14H,6-7H2,1-2H3,(H,13,15). The monoisotopic (exact) mass is 286 g/mol. The molecule has 1 aromatic carbocycles. The van der Waals surface area contributed by atoms with Crippen LogP contribution in [0, 0.1) is 0 Å². The molecule has 0 aliphatic carbocycles. The average molecular weight is 287 g/mol. The van der Waals surface area contributed by atoms with Crippen molar-refractivity contribution in [3.63, 3.8) is 0 Å². The third-order valence-electron chi connectivity index (χ3n) is 2.11. The summed E-state index contributed by atoms with van der Waals surface area (Å²) in [5.74, 6) is 0.780. The van der Waals surface area contributed by atoms with E-state index in [1.807, 2.05) is 18.2 Å². The molecule has 0 aliphatic heterocycles. The maximum absolute atomic E-state index is 11.0. The minimum atomic E-state index is -0.0208. The maximum Gasteiger partial charge on any atom is 0.233 e. The molecule has 0 aliphatic rings. The fourth-order valence-electron chi connectivity index (χ4n) is 1.23. The van der Waals surface area contributed by atoms with Crippen molar-refractivity contribution in [2.45, 2.75) is 6.54 Å². The number of amides is 1. The number of hydrogen-bond donors (Lipinski definition) is 2. The van der Waals surface area contributed by atoms with Crippen molar-refractivity contribution < 1.29 is 9.53 Å². The zero-order valence-corrected chi connectivity index (χ0v) is 10.9. The lowest BCUT2D eigenvalue weighted by atomic mass is 10.2. The SMILES string of the molecule is CNC(=O)CNCc1ccc(OC)c(Br)c1. The van der Waals surface area contributed by atoms with Gasteiger partial charge in [-0.05, 0) is 33.6 Å². The first-order valence-electron chi connectivity index (χ1n) is 4.91. The van der Waals surface area contributed by atoms with Gasteiger partial charge in [0.25, 0.3) is 0 Å². The van der Waals surface area contributed by atoms with Gasteiger partial charge in [-0.15, -0.1) is 0 Å². The second-order valence-electron chi connectivity index (χ2n) is 3.25. The van der Waals surface area contributed by atoms with Gasteiger partial charge < -0.3 is 15.4 Å². The highest BCUT2D eigenvalue weighted by Crippen LogP contribution is 2.25. The summed E-state index contributed by atoms with van der Waals surface area (Å²) in [5.41, 5.74) is 1.09.